The van der Waals surface area contributed by atoms with E-state index in [1.54, 1.807) is 30.3 Å². The van der Waals surface area contributed by atoms with Gasteiger partial charge in [0.25, 0.3) is 5.69 Å². The fraction of sp³-hybridized carbons (Fsp3) is 0.0714. The van der Waals surface area contributed by atoms with Crippen LogP contribution in [-0.4, -0.2) is 17.8 Å². The molecular formula is C14H11NO4. The molecule has 0 saturated heterocycles. The maximum atomic E-state index is 12.3. The lowest BCUT2D eigenvalue weighted by molar-refractivity contribution is -0.384. The zero-order chi connectivity index (χ0) is 13.8. The van der Waals surface area contributed by atoms with Crippen LogP contribution in [0.1, 0.15) is 15.9 Å². The van der Waals surface area contributed by atoms with Crippen LogP contribution in [-0.2, 0) is 0 Å². The Morgan fingerprint density at radius 2 is 1.89 bits per heavy atom. The van der Waals surface area contributed by atoms with Crippen LogP contribution >= 0.6 is 0 Å². The second kappa shape index (κ2) is 5.30. The van der Waals surface area contributed by atoms with Gasteiger partial charge in [-0.05, 0) is 12.1 Å². The second-order valence-electron chi connectivity index (χ2n) is 3.84. The van der Waals surface area contributed by atoms with E-state index in [9.17, 15) is 14.9 Å². The fourth-order valence-corrected chi connectivity index (χ4v) is 1.75. The summed E-state index contributed by atoms with van der Waals surface area (Å²) in [6.45, 7) is 0. The lowest BCUT2D eigenvalue weighted by Crippen LogP contribution is -2.04. The molecule has 2 rings (SSSR count). The zero-order valence-electron chi connectivity index (χ0n) is 10.2. The standard InChI is InChI=1S/C14H11NO4/c1-19-13-8-3-2-7-12(13)14(16)10-5-4-6-11(9-10)15(17)18/h2-9H,1H3. The number of non-ortho nitro benzene ring substituents is 1. The molecule has 2 aromatic rings. The van der Waals surface area contributed by atoms with Gasteiger partial charge in [0.15, 0.2) is 5.78 Å². The third-order valence-electron chi connectivity index (χ3n) is 2.67. The first-order valence-electron chi connectivity index (χ1n) is 5.55. The van der Waals surface area contributed by atoms with Crippen molar-refractivity contribution >= 4 is 11.5 Å². The van der Waals surface area contributed by atoms with Crippen LogP contribution < -0.4 is 4.74 Å². The average molecular weight is 257 g/mol. The Hall–Kier alpha value is -2.69. The van der Waals surface area contributed by atoms with E-state index in [0.717, 1.165) is 0 Å². The van der Waals surface area contributed by atoms with Crippen molar-refractivity contribution in [3.63, 3.8) is 0 Å². The summed E-state index contributed by atoms with van der Waals surface area (Å²) in [7, 11) is 1.47. The summed E-state index contributed by atoms with van der Waals surface area (Å²) in [5.41, 5.74) is 0.532. The van der Waals surface area contributed by atoms with Gasteiger partial charge in [0.2, 0.25) is 0 Å². The first kappa shape index (κ1) is 12.8. The number of ketones is 1. The number of ether oxygens (including phenoxy) is 1. The van der Waals surface area contributed by atoms with Crippen molar-refractivity contribution in [2.45, 2.75) is 0 Å². The third-order valence-corrected chi connectivity index (χ3v) is 2.67. The van der Waals surface area contributed by atoms with Gasteiger partial charge >= 0.3 is 0 Å². The topological polar surface area (TPSA) is 69.4 Å². The van der Waals surface area contributed by atoms with Crippen LogP contribution in [0.3, 0.4) is 0 Å². The molecule has 0 amide bonds. The van der Waals surface area contributed by atoms with Crippen LogP contribution in [0.4, 0.5) is 5.69 Å². The maximum absolute atomic E-state index is 12.3. The molecule has 0 unspecified atom stereocenters. The van der Waals surface area contributed by atoms with Gasteiger partial charge in [-0.1, -0.05) is 24.3 Å². The molecule has 0 fully saturated rings. The molecule has 0 heterocycles. The molecule has 0 spiro atoms. The first-order chi connectivity index (χ1) is 9.13. The van der Waals surface area contributed by atoms with Crippen molar-refractivity contribution in [1.29, 1.82) is 0 Å². The Morgan fingerprint density at radius 1 is 1.16 bits per heavy atom. The highest BCUT2D eigenvalue weighted by Crippen LogP contribution is 2.22. The maximum Gasteiger partial charge on any atom is 0.270 e. The molecule has 0 N–H and O–H groups in total. The molecule has 0 aliphatic heterocycles. The zero-order valence-corrected chi connectivity index (χ0v) is 10.2. The summed E-state index contributed by atoms with van der Waals surface area (Å²) in [6.07, 6.45) is 0. The Bertz CT molecular complexity index is 637. The van der Waals surface area contributed by atoms with Crippen molar-refractivity contribution in [1.82, 2.24) is 0 Å². The van der Waals surface area contributed by atoms with E-state index >= 15 is 0 Å². The van der Waals surface area contributed by atoms with Crippen LogP contribution in [0.5, 0.6) is 5.75 Å². The Labute approximate surface area is 109 Å². The number of methoxy groups -OCH3 is 1. The number of benzene rings is 2. The molecular weight excluding hydrogens is 246 g/mol. The Balaban J connectivity index is 2.44. The molecule has 96 valence electrons. The predicted octanol–water partition coefficient (Wildman–Crippen LogP) is 2.83. The number of nitro benzene ring substituents is 1. The number of rotatable bonds is 4. The van der Waals surface area contributed by atoms with E-state index in [1.165, 1.54) is 25.3 Å². The number of carbonyl (C=O) groups is 1. The van der Waals surface area contributed by atoms with Gasteiger partial charge < -0.3 is 4.74 Å². The minimum atomic E-state index is -0.529. The summed E-state index contributed by atoms with van der Waals surface area (Å²) in [6, 6.07) is 12.4. The van der Waals surface area contributed by atoms with E-state index in [-0.39, 0.29) is 17.0 Å². The Morgan fingerprint density at radius 3 is 2.58 bits per heavy atom. The van der Waals surface area contributed by atoms with E-state index < -0.39 is 4.92 Å². The molecule has 5 nitrogen and oxygen atoms in total. The number of para-hydroxylation sites is 1. The van der Waals surface area contributed by atoms with Gasteiger partial charge in [-0.15, -0.1) is 0 Å². The van der Waals surface area contributed by atoms with Gasteiger partial charge in [0.1, 0.15) is 5.75 Å². The Kier molecular flexibility index (Phi) is 3.56. The van der Waals surface area contributed by atoms with Gasteiger partial charge in [0.05, 0.1) is 17.6 Å². The third kappa shape index (κ3) is 2.60. The first-order valence-corrected chi connectivity index (χ1v) is 5.55. The molecule has 0 aromatic heterocycles. The number of hydrogen-bond acceptors (Lipinski definition) is 4. The molecule has 0 aliphatic rings. The molecule has 0 radical (unpaired) electrons. The van der Waals surface area contributed by atoms with E-state index in [2.05, 4.69) is 0 Å². The summed E-state index contributed by atoms with van der Waals surface area (Å²) in [4.78, 5) is 22.5. The summed E-state index contributed by atoms with van der Waals surface area (Å²) >= 11 is 0. The molecule has 5 heteroatoms. The number of carbonyl (C=O) groups excluding carboxylic acids is 1. The van der Waals surface area contributed by atoms with Gasteiger partial charge in [-0.3, -0.25) is 14.9 Å². The minimum Gasteiger partial charge on any atom is -0.496 e. The highest BCUT2D eigenvalue weighted by atomic mass is 16.6. The fourth-order valence-electron chi connectivity index (χ4n) is 1.75. The molecule has 2 aromatic carbocycles. The van der Waals surface area contributed by atoms with Gasteiger partial charge in [0, 0.05) is 17.7 Å². The van der Waals surface area contributed by atoms with E-state index in [4.69, 9.17) is 4.74 Å². The van der Waals surface area contributed by atoms with Crippen molar-refractivity contribution in [3.05, 3.63) is 69.8 Å². The minimum absolute atomic E-state index is 0.110. The van der Waals surface area contributed by atoms with Crippen LogP contribution in [0.2, 0.25) is 0 Å². The van der Waals surface area contributed by atoms with Crippen LogP contribution in [0, 0.1) is 10.1 Å². The number of nitrogens with zero attached hydrogens (tertiary/aromatic N) is 1. The highest BCUT2D eigenvalue weighted by molar-refractivity contribution is 6.11. The lowest BCUT2D eigenvalue weighted by atomic mass is 10.0. The van der Waals surface area contributed by atoms with Crippen molar-refractivity contribution in [3.8, 4) is 5.75 Å². The van der Waals surface area contributed by atoms with Crippen LogP contribution in [0.25, 0.3) is 0 Å². The summed E-state index contributed by atoms with van der Waals surface area (Å²) in [5.74, 6) is 0.139. The monoisotopic (exact) mass is 257 g/mol. The highest BCUT2D eigenvalue weighted by Gasteiger charge is 2.16. The molecule has 0 atom stereocenters. The number of nitro groups is 1. The molecule has 0 aliphatic carbocycles. The SMILES string of the molecule is COc1ccccc1C(=O)c1cccc([N+](=O)[O-])c1. The molecule has 19 heavy (non-hydrogen) atoms. The lowest BCUT2D eigenvalue weighted by Gasteiger charge is -2.06. The quantitative estimate of drug-likeness (QED) is 0.479. The second-order valence-corrected chi connectivity index (χ2v) is 3.84. The van der Waals surface area contributed by atoms with Crippen molar-refractivity contribution < 1.29 is 14.5 Å². The van der Waals surface area contributed by atoms with E-state index in [1.807, 2.05) is 0 Å². The normalized spacial score (nSPS) is 9.95. The summed E-state index contributed by atoms with van der Waals surface area (Å²) in [5, 5.41) is 10.7. The predicted molar refractivity (Wildman–Crippen MR) is 69.5 cm³/mol. The molecule has 0 bridgehead atoms. The van der Waals surface area contributed by atoms with Crippen molar-refractivity contribution in [2.75, 3.05) is 7.11 Å². The van der Waals surface area contributed by atoms with Gasteiger partial charge in [-0.25, -0.2) is 0 Å². The van der Waals surface area contributed by atoms with Gasteiger partial charge in [-0.2, -0.15) is 0 Å². The van der Waals surface area contributed by atoms with Crippen molar-refractivity contribution in [2.24, 2.45) is 0 Å². The largest absolute Gasteiger partial charge is 0.496 e. The average Bonchev–Trinajstić information content (AvgIpc) is 2.46. The summed E-state index contributed by atoms with van der Waals surface area (Å²) < 4.78 is 5.11. The number of hydrogen-bond donors (Lipinski definition) is 0. The smallest absolute Gasteiger partial charge is 0.270 e. The van der Waals surface area contributed by atoms with Crippen LogP contribution in [0.15, 0.2) is 48.5 Å². The van der Waals surface area contributed by atoms with E-state index in [0.29, 0.717) is 11.3 Å². The molecule has 0 saturated carbocycles.